The van der Waals surface area contributed by atoms with Gasteiger partial charge in [-0.25, -0.2) is 0 Å². The molecule has 122 valence electrons. The molecule has 1 aromatic heterocycles. The van der Waals surface area contributed by atoms with E-state index in [-0.39, 0.29) is 5.54 Å². The lowest BCUT2D eigenvalue weighted by molar-refractivity contribution is 0.0839. The van der Waals surface area contributed by atoms with Gasteiger partial charge in [-0.05, 0) is 46.9 Å². The number of furan rings is 1. The average molecular weight is 296 g/mol. The van der Waals surface area contributed by atoms with Crippen molar-refractivity contribution >= 4 is 0 Å². The molecule has 0 radical (unpaired) electrons. The summed E-state index contributed by atoms with van der Waals surface area (Å²) in [6.07, 6.45) is 0. The van der Waals surface area contributed by atoms with Gasteiger partial charge in [0.05, 0.1) is 6.61 Å². The Labute approximate surface area is 129 Å². The molecule has 0 aromatic carbocycles. The second-order valence-corrected chi connectivity index (χ2v) is 6.48. The van der Waals surface area contributed by atoms with E-state index in [0.29, 0.717) is 6.61 Å². The van der Waals surface area contributed by atoms with Gasteiger partial charge >= 0.3 is 0 Å². The Balaban J connectivity index is 2.36. The minimum absolute atomic E-state index is 0.115. The molecule has 1 rings (SSSR count). The third-order valence-corrected chi connectivity index (χ3v) is 3.57. The van der Waals surface area contributed by atoms with Crippen LogP contribution >= 0.6 is 0 Å². The molecule has 0 saturated carbocycles. The maximum Gasteiger partial charge on any atom is 0.130 e. The number of hydrogen-bond acceptors (Lipinski definition) is 4. The van der Waals surface area contributed by atoms with Gasteiger partial charge in [-0.2, -0.15) is 0 Å². The van der Waals surface area contributed by atoms with Gasteiger partial charge in [-0.15, -0.1) is 0 Å². The van der Waals surface area contributed by atoms with Crippen LogP contribution in [0.3, 0.4) is 0 Å². The first kappa shape index (κ1) is 18.2. The highest BCUT2D eigenvalue weighted by molar-refractivity contribution is 5.20. The van der Waals surface area contributed by atoms with Crippen molar-refractivity contribution in [3.8, 4) is 0 Å². The summed E-state index contributed by atoms with van der Waals surface area (Å²) in [7, 11) is 0. The summed E-state index contributed by atoms with van der Waals surface area (Å²) in [5.41, 5.74) is 1.33. The minimum Gasteiger partial charge on any atom is -0.464 e. The third kappa shape index (κ3) is 7.11. The monoisotopic (exact) mass is 296 g/mol. The summed E-state index contributed by atoms with van der Waals surface area (Å²) < 4.78 is 11.5. The van der Waals surface area contributed by atoms with E-state index in [9.17, 15) is 0 Å². The number of aryl methyl sites for hydroxylation is 1. The third-order valence-electron chi connectivity index (χ3n) is 3.57. The van der Waals surface area contributed by atoms with E-state index >= 15 is 0 Å². The maximum absolute atomic E-state index is 5.76. The van der Waals surface area contributed by atoms with Crippen LogP contribution in [-0.2, 0) is 17.9 Å². The lowest BCUT2D eigenvalue weighted by Gasteiger charge is -2.20. The molecule has 4 heteroatoms. The minimum atomic E-state index is 0.115. The fourth-order valence-corrected chi connectivity index (χ4v) is 2.10. The first-order chi connectivity index (χ1) is 9.85. The number of nitrogens with zero attached hydrogens (tertiary/aromatic N) is 1. The summed E-state index contributed by atoms with van der Waals surface area (Å²) in [5, 5.41) is 3.48. The zero-order chi connectivity index (χ0) is 15.9. The SMILES string of the molecule is CCN(CC)CCOCc1cc(CNC(C)(C)C)c(C)o1. The van der Waals surface area contributed by atoms with Crippen molar-refractivity contribution in [1.29, 1.82) is 0 Å². The standard InChI is InChI=1S/C17H32N2O2/c1-7-19(8-2)9-10-20-13-16-11-15(14(3)21-16)12-18-17(4,5)6/h11,18H,7-10,12-13H2,1-6H3. The van der Waals surface area contributed by atoms with Gasteiger partial charge in [0.2, 0.25) is 0 Å². The van der Waals surface area contributed by atoms with E-state index in [2.05, 4.69) is 50.9 Å². The highest BCUT2D eigenvalue weighted by atomic mass is 16.5. The molecular formula is C17H32N2O2. The van der Waals surface area contributed by atoms with Crippen LogP contribution in [0.25, 0.3) is 0 Å². The molecule has 0 amide bonds. The molecule has 0 aliphatic heterocycles. The number of ether oxygens (including phenoxy) is 1. The Bertz CT molecular complexity index is 403. The van der Waals surface area contributed by atoms with Gasteiger partial charge in [0, 0.05) is 24.2 Å². The van der Waals surface area contributed by atoms with Gasteiger partial charge in [0.1, 0.15) is 18.1 Å². The smallest absolute Gasteiger partial charge is 0.130 e. The first-order valence-electron chi connectivity index (χ1n) is 7.99. The molecule has 0 bridgehead atoms. The molecule has 1 heterocycles. The Morgan fingerprint density at radius 3 is 2.48 bits per heavy atom. The predicted molar refractivity (Wildman–Crippen MR) is 87.5 cm³/mol. The quantitative estimate of drug-likeness (QED) is 0.709. The molecule has 0 fully saturated rings. The van der Waals surface area contributed by atoms with Gasteiger partial charge < -0.3 is 19.4 Å². The lowest BCUT2D eigenvalue weighted by Crippen LogP contribution is -2.35. The second-order valence-electron chi connectivity index (χ2n) is 6.48. The van der Waals surface area contributed by atoms with Crippen molar-refractivity contribution in [3.05, 3.63) is 23.2 Å². The molecule has 0 aliphatic carbocycles. The van der Waals surface area contributed by atoms with Crippen molar-refractivity contribution in [1.82, 2.24) is 10.2 Å². The van der Waals surface area contributed by atoms with Crippen LogP contribution in [0.1, 0.15) is 51.7 Å². The van der Waals surface area contributed by atoms with Crippen molar-refractivity contribution in [2.45, 2.75) is 60.2 Å². The van der Waals surface area contributed by atoms with E-state index in [1.807, 2.05) is 6.92 Å². The Kier molecular flexibility index (Phi) is 7.43. The lowest BCUT2D eigenvalue weighted by atomic mass is 10.1. The topological polar surface area (TPSA) is 37.6 Å². The Morgan fingerprint density at radius 1 is 1.24 bits per heavy atom. The summed E-state index contributed by atoms with van der Waals surface area (Å²) in [6, 6.07) is 2.10. The zero-order valence-electron chi connectivity index (χ0n) is 14.6. The van der Waals surface area contributed by atoms with E-state index < -0.39 is 0 Å². The van der Waals surface area contributed by atoms with Crippen molar-refractivity contribution in [2.75, 3.05) is 26.2 Å². The number of likely N-dealkylation sites (N-methyl/N-ethyl adjacent to an activating group) is 1. The largest absolute Gasteiger partial charge is 0.464 e. The number of nitrogens with one attached hydrogen (secondary N) is 1. The predicted octanol–water partition coefficient (Wildman–Crippen LogP) is 3.33. The summed E-state index contributed by atoms with van der Waals surface area (Å²) in [4.78, 5) is 2.35. The molecule has 4 nitrogen and oxygen atoms in total. The zero-order valence-corrected chi connectivity index (χ0v) is 14.6. The first-order valence-corrected chi connectivity index (χ1v) is 7.99. The van der Waals surface area contributed by atoms with Crippen LogP contribution in [0.4, 0.5) is 0 Å². The fourth-order valence-electron chi connectivity index (χ4n) is 2.10. The molecule has 0 atom stereocenters. The Morgan fingerprint density at radius 2 is 1.90 bits per heavy atom. The maximum atomic E-state index is 5.76. The normalized spacial score (nSPS) is 12.3. The van der Waals surface area contributed by atoms with Crippen molar-refractivity contribution in [2.24, 2.45) is 0 Å². The van der Waals surface area contributed by atoms with Crippen LogP contribution in [0.15, 0.2) is 10.5 Å². The molecule has 0 spiro atoms. The number of hydrogen-bond donors (Lipinski definition) is 1. The molecule has 0 aliphatic rings. The molecule has 0 unspecified atom stereocenters. The van der Waals surface area contributed by atoms with Gasteiger partial charge in [-0.3, -0.25) is 0 Å². The number of rotatable bonds is 9. The van der Waals surface area contributed by atoms with Gasteiger partial charge in [-0.1, -0.05) is 13.8 Å². The van der Waals surface area contributed by atoms with E-state index in [0.717, 1.165) is 44.3 Å². The Hall–Kier alpha value is -0.840. The van der Waals surface area contributed by atoms with E-state index in [1.165, 1.54) is 5.56 Å². The van der Waals surface area contributed by atoms with Gasteiger partial charge in [0.25, 0.3) is 0 Å². The van der Waals surface area contributed by atoms with Crippen molar-refractivity contribution in [3.63, 3.8) is 0 Å². The highest BCUT2D eigenvalue weighted by Crippen LogP contribution is 2.16. The molecule has 1 N–H and O–H groups in total. The molecule has 1 aromatic rings. The van der Waals surface area contributed by atoms with Crippen LogP contribution < -0.4 is 5.32 Å². The van der Waals surface area contributed by atoms with Crippen LogP contribution in [0, 0.1) is 6.92 Å². The average Bonchev–Trinajstić information content (AvgIpc) is 2.76. The second kappa shape index (κ2) is 8.57. The summed E-state index contributed by atoms with van der Waals surface area (Å²) >= 11 is 0. The summed E-state index contributed by atoms with van der Waals surface area (Å²) in [5.74, 6) is 1.90. The molecule has 21 heavy (non-hydrogen) atoms. The summed E-state index contributed by atoms with van der Waals surface area (Å²) in [6.45, 7) is 18.1. The van der Waals surface area contributed by atoms with Crippen LogP contribution in [-0.4, -0.2) is 36.7 Å². The van der Waals surface area contributed by atoms with Crippen LogP contribution in [0.2, 0.25) is 0 Å². The van der Waals surface area contributed by atoms with Crippen molar-refractivity contribution < 1.29 is 9.15 Å². The highest BCUT2D eigenvalue weighted by Gasteiger charge is 2.12. The fraction of sp³-hybridized carbons (Fsp3) is 0.765. The van der Waals surface area contributed by atoms with Crippen LogP contribution in [0.5, 0.6) is 0 Å². The van der Waals surface area contributed by atoms with Gasteiger partial charge in [0.15, 0.2) is 0 Å². The molecule has 0 saturated heterocycles. The molecular weight excluding hydrogens is 264 g/mol. The van der Waals surface area contributed by atoms with E-state index in [1.54, 1.807) is 0 Å². The van der Waals surface area contributed by atoms with E-state index in [4.69, 9.17) is 9.15 Å².